The van der Waals surface area contributed by atoms with E-state index < -0.39 is 24.8 Å². The summed E-state index contributed by atoms with van der Waals surface area (Å²) in [5.74, 6) is -0.410. The molecule has 0 spiro atoms. The lowest BCUT2D eigenvalue weighted by molar-refractivity contribution is -0.159. The minimum absolute atomic E-state index is 0.0942. The highest BCUT2D eigenvalue weighted by molar-refractivity contribution is 6.34. The van der Waals surface area contributed by atoms with E-state index in [1.807, 2.05) is 0 Å². The van der Waals surface area contributed by atoms with Gasteiger partial charge in [-0.2, -0.15) is 13.2 Å². The Morgan fingerprint density at radius 1 is 1.33 bits per heavy atom. The lowest BCUT2D eigenvalue weighted by Gasteiger charge is -2.13. The summed E-state index contributed by atoms with van der Waals surface area (Å²) >= 11 is 5.85. The summed E-state index contributed by atoms with van der Waals surface area (Å²) in [5, 5.41) is 2.24. The quantitative estimate of drug-likeness (QED) is 0.929. The first-order valence-electron chi connectivity index (χ1n) is 5.62. The van der Waals surface area contributed by atoms with E-state index in [2.05, 4.69) is 10.1 Å². The number of benzene rings is 1. The largest absolute Gasteiger partial charge is 0.440 e. The molecule has 5 nitrogen and oxygen atoms in total. The summed E-state index contributed by atoms with van der Waals surface area (Å²) in [5.41, 5.74) is 0.201. The van der Waals surface area contributed by atoms with E-state index in [4.69, 9.17) is 11.6 Å². The molecular formula is C12H12ClF3N2O3. The second-order valence-electron chi connectivity index (χ2n) is 4.21. The Hall–Kier alpha value is -1.96. The van der Waals surface area contributed by atoms with Crippen molar-refractivity contribution in [1.29, 1.82) is 0 Å². The van der Waals surface area contributed by atoms with Crippen LogP contribution in [0.5, 0.6) is 0 Å². The van der Waals surface area contributed by atoms with Gasteiger partial charge in [0, 0.05) is 19.8 Å². The van der Waals surface area contributed by atoms with Crippen molar-refractivity contribution in [1.82, 2.24) is 4.90 Å². The van der Waals surface area contributed by atoms with E-state index in [0.29, 0.717) is 0 Å². The van der Waals surface area contributed by atoms with Crippen LogP contribution in [0.15, 0.2) is 18.2 Å². The molecule has 0 aliphatic rings. The molecule has 116 valence electrons. The van der Waals surface area contributed by atoms with Crippen molar-refractivity contribution >= 4 is 29.3 Å². The van der Waals surface area contributed by atoms with E-state index in [1.165, 1.54) is 37.2 Å². The third kappa shape index (κ3) is 5.50. The first-order chi connectivity index (χ1) is 9.60. The Labute approximate surface area is 123 Å². The maximum atomic E-state index is 11.9. The van der Waals surface area contributed by atoms with Gasteiger partial charge in [-0.1, -0.05) is 11.6 Å². The third-order valence-electron chi connectivity index (χ3n) is 2.22. The molecule has 1 N–H and O–H groups in total. The Morgan fingerprint density at radius 2 is 1.95 bits per heavy atom. The Kier molecular flexibility index (Phi) is 5.42. The maximum Gasteiger partial charge on any atom is 0.422 e. The summed E-state index contributed by atoms with van der Waals surface area (Å²) in [6, 6.07) is 3.93. The van der Waals surface area contributed by atoms with Crippen LogP contribution in [-0.2, 0) is 4.74 Å². The summed E-state index contributed by atoms with van der Waals surface area (Å²) in [6.07, 6.45) is -5.89. The zero-order valence-corrected chi connectivity index (χ0v) is 11.9. The molecule has 0 fully saturated rings. The number of nitrogens with one attached hydrogen (secondary N) is 1. The number of halogens is 4. The van der Waals surface area contributed by atoms with E-state index >= 15 is 0 Å². The van der Waals surface area contributed by atoms with Crippen LogP contribution < -0.4 is 5.32 Å². The van der Waals surface area contributed by atoms with Crippen LogP contribution in [0, 0.1) is 0 Å². The van der Waals surface area contributed by atoms with Gasteiger partial charge in [0.1, 0.15) is 0 Å². The van der Waals surface area contributed by atoms with E-state index in [1.54, 1.807) is 0 Å². The van der Waals surface area contributed by atoms with Crippen molar-refractivity contribution in [2.75, 3.05) is 26.0 Å². The minimum Gasteiger partial charge on any atom is -0.440 e. The van der Waals surface area contributed by atoms with Crippen LogP contribution in [0.3, 0.4) is 0 Å². The van der Waals surface area contributed by atoms with Gasteiger partial charge < -0.3 is 9.64 Å². The Bertz CT molecular complexity index is 547. The van der Waals surface area contributed by atoms with Crippen LogP contribution in [0.1, 0.15) is 10.4 Å². The van der Waals surface area contributed by atoms with Gasteiger partial charge in [-0.05, 0) is 18.2 Å². The number of amides is 2. The van der Waals surface area contributed by atoms with Crippen molar-refractivity contribution in [2.24, 2.45) is 0 Å². The normalized spacial score (nSPS) is 11.0. The minimum atomic E-state index is -4.61. The lowest BCUT2D eigenvalue weighted by atomic mass is 10.2. The predicted octanol–water partition coefficient (Wildman–Crippen LogP) is 3.15. The van der Waals surface area contributed by atoms with Gasteiger partial charge in [-0.15, -0.1) is 0 Å². The number of hydrogen-bond acceptors (Lipinski definition) is 3. The highest BCUT2D eigenvalue weighted by Crippen LogP contribution is 2.22. The van der Waals surface area contributed by atoms with Crippen LogP contribution >= 0.6 is 11.6 Å². The molecule has 0 aliphatic heterocycles. The fourth-order valence-corrected chi connectivity index (χ4v) is 1.51. The molecule has 0 saturated carbocycles. The van der Waals surface area contributed by atoms with Crippen LogP contribution in [0.2, 0.25) is 5.02 Å². The summed E-state index contributed by atoms with van der Waals surface area (Å²) in [6.45, 7) is -1.70. The van der Waals surface area contributed by atoms with Crippen molar-refractivity contribution < 1.29 is 27.5 Å². The molecule has 1 aromatic rings. The molecule has 1 aromatic carbocycles. The monoisotopic (exact) mass is 324 g/mol. The zero-order valence-electron chi connectivity index (χ0n) is 11.1. The molecule has 0 bridgehead atoms. The Morgan fingerprint density at radius 3 is 2.48 bits per heavy atom. The molecule has 21 heavy (non-hydrogen) atoms. The topological polar surface area (TPSA) is 58.6 Å². The predicted molar refractivity (Wildman–Crippen MR) is 70.5 cm³/mol. The fourth-order valence-electron chi connectivity index (χ4n) is 1.31. The Balaban J connectivity index is 2.79. The average Bonchev–Trinajstić information content (AvgIpc) is 2.37. The van der Waals surface area contributed by atoms with Crippen LogP contribution in [-0.4, -0.2) is 43.8 Å². The van der Waals surface area contributed by atoms with Gasteiger partial charge in [0.05, 0.1) is 10.6 Å². The second kappa shape index (κ2) is 6.66. The number of hydrogen-bond donors (Lipinski definition) is 1. The molecule has 1 rings (SSSR count). The number of carbonyl (C=O) groups is 2. The molecule has 0 unspecified atom stereocenters. The summed E-state index contributed by atoms with van der Waals surface area (Å²) < 4.78 is 39.7. The first kappa shape index (κ1) is 17.1. The smallest absolute Gasteiger partial charge is 0.422 e. The van der Waals surface area contributed by atoms with Gasteiger partial charge in [0.15, 0.2) is 6.61 Å². The first-order valence-corrected chi connectivity index (χ1v) is 5.99. The summed E-state index contributed by atoms with van der Waals surface area (Å²) in [4.78, 5) is 24.3. The van der Waals surface area contributed by atoms with Gasteiger partial charge >= 0.3 is 12.3 Å². The second-order valence-corrected chi connectivity index (χ2v) is 4.62. The molecule has 0 saturated heterocycles. The molecule has 0 radical (unpaired) electrons. The molecular weight excluding hydrogens is 313 g/mol. The lowest BCUT2D eigenvalue weighted by Crippen LogP contribution is -2.24. The summed E-state index contributed by atoms with van der Waals surface area (Å²) in [7, 11) is 3.02. The van der Waals surface area contributed by atoms with Crippen molar-refractivity contribution in [2.45, 2.75) is 6.18 Å². The molecule has 9 heteroatoms. The van der Waals surface area contributed by atoms with Crippen molar-refractivity contribution in [3.8, 4) is 0 Å². The van der Waals surface area contributed by atoms with Gasteiger partial charge in [-0.3, -0.25) is 10.1 Å². The number of anilines is 1. The van der Waals surface area contributed by atoms with E-state index in [-0.39, 0.29) is 16.3 Å². The van der Waals surface area contributed by atoms with Crippen LogP contribution in [0.4, 0.5) is 23.7 Å². The zero-order chi connectivity index (χ0) is 16.2. The highest BCUT2D eigenvalue weighted by Gasteiger charge is 2.29. The van der Waals surface area contributed by atoms with Crippen molar-refractivity contribution in [3.05, 3.63) is 28.8 Å². The number of rotatable bonds is 3. The standard InChI is InChI=1S/C12H12ClF3N2O3/c1-18(2)10(19)8-5-7(3-4-9(8)13)17-11(20)21-6-12(14,15)16/h3-5H,6H2,1-2H3,(H,17,20). The molecule has 0 heterocycles. The average molecular weight is 325 g/mol. The molecule has 0 aromatic heterocycles. The van der Waals surface area contributed by atoms with Gasteiger partial charge in [0.25, 0.3) is 5.91 Å². The SMILES string of the molecule is CN(C)C(=O)c1cc(NC(=O)OCC(F)(F)F)ccc1Cl. The van der Waals surface area contributed by atoms with E-state index in [9.17, 15) is 22.8 Å². The van der Waals surface area contributed by atoms with Gasteiger partial charge in [-0.25, -0.2) is 4.79 Å². The number of carbonyl (C=O) groups excluding carboxylic acids is 2. The number of nitrogens with zero attached hydrogens (tertiary/aromatic N) is 1. The van der Waals surface area contributed by atoms with Gasteiger partial charge in [0.2, 0.25) is 0 Å². The molecule has 0 aliphatic carbocycles. The van der Waals surface area contributed by atoms with Crippen LogP contribution in [0.25, 0.3) is 0 Å². The fraction of sp³-hybridized carbons (Fsp3) is 0.333. The van der Waals surface area contributed by atoms with E-state index in [0.717, 1.165) is 0 Å². The molecule has 2 amide bonds. The molecule has 0 atom stereocenters. The number of ether oxygens (including phenoxy) is 1. The highest BCUT2D eigenvalue weighted by atomic mass is 35.5. The maximum absolute atomic E-state index is 11.9. The third-order valence-corrected chi connectivity index (χ3v) is 2.55. The number of alkyl halides is 3. The van der Waals surface area contributed by atoms with Crippen molar-refractivity contribution in [3.63, 3.8) is 0 Å².